The van der Waals surface area contributed by atoms with Crippen LogP contribution in [0.1, 0.15) is 12.0 Å². The summed E-state index contributed by atoms with van der Waals surface area (Å²) < 4.78 is 13.6. The molecular formula is C24H21N5O5. The number of rotatable bonds is 5. The normalized spacial score (nSPS) is 12.8. The fourth-order valence-corrected chi connectivity index (χ4v) is 3.79. The highest BCUT2D eigenvalue weighted by atomic mass is 16.5. The van der Waals surface area contributed by atoms with Crippen molar-refractivity contribution >= 4 is 22.6 Å². The van der Waals surface area contributed by atoms with Crippen LogP contribution in [0, 0.1) is 0 Å². The summed E-state index contributed by atoms with van der Waals surface area (Å²) in [4.78, 5) is 47.4. The van der Waals surface area contributed by atoms with E-state index in [0.717, 1.165) is 11.0 Å². The lowest BCUT2D eigenvalue weighted by molar-refractivity contribution is -0.116. The molecule has 1 aliphatic heterocycles. The molecule has 0 saturated heterocycles. The Bertz CT molecular complexity index is 1480. The Hall–Kier alpha value is -4.47. The molecule has 4 aromatic rings. The number of nitrogens with one attached hydrogen (secondary N) is 1. The van der Waals surface area contributed by atoms with Gasteiger partial charge in [-0.25, -0.2) is 9.78 Å². The minimum atomic E-state index is -0.608. The van der Waals surface area contributed by atoms with Crippen molar-refractivity contribution in [2.45, 2.75) is 19.5 Å². The molecule has 4 heterocycles. The molecular weight excluding hydrogens is 438 g/mol. The van der Waals surface area contributed by atoms with Gasteiger partial charge < -0.3 is 14.8 Å². The molecule has 1 aromatic carbocycles. The van der Waals surface area contributed by atoms with Crippen LogP contribution >= 0.6 is 0 Å². The monoisotopic (exact) mass is 459 g/mol. The van der Waals surface area contributed by atoms with Gasteiger partial charge in [0, 0.05) is 36.8 Å². The van der Waals surface area contributed by atoms with E-state index in [1.807, 2.05) is 0 Å². The van der Waals surface area contributed by atoms with E-state index in [-0.39, 0.29) is 24.1 Å². The van der Waals surface area contributed by atoms with Crippen LogP contribution in [-0.4, -0.2) is 38.2 Å². The number of aromatic nitrogens is 4. The average Bonchev–Trinajstić information content (AvgIpc) is 3.10. The van der Waals surface area contributed by atoms with Crippen LogP contribution in [0.4, 0.5) is 5.69 Å². The largest absolute Gasteiger partial charge is 0.490 e. The number of anilines is 1. The third-order valence-corrected chi connectivity index (χ3v) is 5.38. The average molecular weight is 459 g/mol. The highest BCUT2D eigenvalue weighted by Gasteiger charge is 2.17. The lowest BCUT2D eigenvalue weighted by Crippen LogP contribution is -2.42. The summed E-state index contributed by atoms with van der Waals surface area (Å²) in [5, 5.41) is 2.78. The Morgan fingerprint density at radius 1 is 1.00 bits per heavy atom. The second kappa shape index (κ2) is 9.18. The van der Waals surface area contributed by atoms with Crippen LogP contribution in [0.25, 0.3) is 11.0 Å². The third-order valence-electron chi connectivity index (χ3n) is 5.38. The molecule has 172 valence electrons. The molecule has 0 unspecified atom stereocenters. The molecule has 0 bridgehead atoms. The number of benzene rings is 1. The van der Waals surface area contributed by atoms with E-state index < -0.39 is 17.2 Å². The summed E-state index contributed by atoms with van der Waals surface area (Å²) in [7, 11) is 0. The van der Waals surface area contributed by atoms with Gasteiger partial charge in [-0.1, -0.05) is 6.07 Å². The third kappa shape index (κ3) is 4.25. The second-order valence-corrected chi connectivity index (χ2v) is 7.75. The number of hydrogen-bond acceptors (Lipinski definition) is 7. The van der Waals surface area contributed by atoms with Crippen molar-refractivity contribution in [3.05, 3.63) is 87.5 Å². The molecule has 3 aromatic heterocycles. The molecule has 10 nitrogen and oxygen atoms in total. The first-order valence-corrected chi connectivity index (χ1v) is 10.8. The summed E-state index contributed by atoms with van der Waals surface area (Å²) >= 11 is 0. The second-order valence-electron chi connectivity index (χ2n) is 7.75. The van der Waals surface area contributed by atoms with E-state index in [1.54, 1.807) is 54.9 Å². The van der Waals surface area contributed by atoms with E-state index in [1.165, 1.54) is 10.8 Å². The first kappa shape index (κ1) is 21.4. The number of carbonyl (C=O) groups excluding carboxylic acids is 1. The van der Waals surface area contributed by atoms with Gasteiger partial charge in [0.05, 0.1) is 25.3 Å². The topological polar surface area (TPSA) is 117 Å². The van der Waals surface area contributed by atoms with Gasteiger partial charge in [0.15, 0.2) is 17.0 Å². The molecule has 0 fully saturated rings. The summed E-state index contributed by atoms with van der Waals surface area (Å²) in [6.07, 6.45) is 5.44. The van der Waals surface area contributed by atoms with Gasteiger partial charge in [-0.2, -0.15) is 0 Å². The van der Waals surface area contributed by atoms with E-state index in [0.29, 0.717) is 36.0 Å². The van der Waals surface area contributed by atoms with Gasteiger partial charge in [0.1, 0.15) is 6.54 Å². The molecule has 10 heteroatoms. The highest BCUT2D eigenvalue weighted by molar-refractivity contribution is 5.91. The molecule has 34 heavy (non-hydrogen) atoms. The van der Waals surface area contributed by atoms with Crippen LogP contribution in [0.15, 0.2) is 70.6 Å². The Balaban J connectivity index is 1.47. The quantitative estimate of drug-likeness (QED) is 0.484. The Morgan fingerprint density at radius 3 is 2.65 bits per heavy atom. The van der Waals surface area contributed by atoms with Crippen LogP contribution in [-0.2, 0) is 17.9 Å². The predicted molar refractivity (Wildman–Crippen MR) is 124 cm³/mol. The van der Waals surface area contributed by atoms with Gasteiger partial charge in [-0.05, 0) is 35.9 Å². The molecule has 5 rings (SSSR count). The lowest BCUT2D eigenvalue weighted by Gasteiger charge is -2.14. The fourth-order valence-electron chi connectivity index (χ4n) is 3.79. The van der Waals surface area contributed by atoms with E-state index in [9.17, 15) is 14.4 Å². The number of ether oxygens (including phenoxy) is 2. The zero-order valence-electron chi connectivity index (χ0n) is 18.1. The SMILES string of the molecule is O=C(Cn1c(=O)n(Cc2cccnc2)c(=O)c2ncccc21)Nc1ccc2c(c1)OCCCO2. The maximum atomic E-state index is 13.3. The van der Waals surface area contributed by atoms with Gasteiger partial charge in [0.25, 0.3) is 5.56 Å². The summed E-state index contributed by atoms with van der Waals surface area (Å²) in [5.41, 5.74) is 0.448. The van der Waals surface area contributed by atoms with Gasteiger partial charge in [0.2, 0.25) is 5.91 Å². The Labute approximate surface area is 193 Å². The molecule has 1 amide bonds. The minimum absolute atomic E-state index is 0.0157. The minimum Gasteiger partial charge on any atom is -0.490 e. The fraction of sp³-hybridized carbons (Fsp3) is 0.208. The molecule has 0 spiro atoms. The van der Waals surface area contributed by atoms with Gasteiger partial charge in [-0.3, -0.25) is 23.7 Å². The predicted octanol–water partition coefficient (Wildman–Crippen LogP) is 1.80. The molecule has 1 N–H and O–H groups in total. The van der Waals surface area contributed by atoms with Gasteiger partial charge in [-0.15, -0.1) is 0 Å². The first-order valence-electron chi connectivity index (χ1n) is 10.8. The maximum Gasteiger partial charge on any atom is 0.332 e. The molecule has 0 saturated carbocycles. The van der Waals surface area contributed by atoms with Gasteiger partial charge >= 0.3 is 5.69 Å². The highest BCUT2D eigenvalue weighted by Crippen LogP contribution is 2.32. The first-order chi connectivity index (χ1) is 16.6. The maximum absolute atomic E-state index is 13.3. The molecule has 0 radical (unpaired) electrons. The van der Waals surface area contributed by atoms with E-state index in [2.05, 4.69) is 15.3 Å². The lowest BCUT2D eigenvalue weighted by atomic mass is 10.2. The number of carbonyl (C=O) groups is 1. The zero-order chi connectivity index (χ0) is 23.5. The van der Waals surface area contributed by atoms with Crippen LogP contribution in [0.5, 0.6) is 11.5 Å². The Kier molecular flexibility index (Phi) is 5.77. The van der Waals surface area contributed by atoms with Crippen molar-refractivity contribution in [3.63, 3.8) is 0 Å². The number of hydrogen-bond donors (Lipinski definition) is 1. The van der Waals surface area contributed by atoms with Crippen LogP contribution < -0.4 is 26.0 Å². The zero-order valence-corrected chi connectivity index (χ0v) is 18.1. The van der Waals surface area contributed by atoms with Crippen LogP contribution in [0.2, 0.25) is 0 Å². The standard InChI is InChI=1S/C24H21N5O5/c30-21(27-17-6-7-19-20(12-17)34-11-3-10-33-19)15-28-18-5-2-9-26-22(18)23(31)29(24(28)32)14-16-4-1-8-25-13-16/h1-2,4-9,12-13H,3,10-11,14-15H2,(H,27,30). The number of fused-ring (bicyclic) bond motifs is 2. The van der Waals surface area contributed by atoms with Crippen molar-refractivity contribution in [2.75, 3.05) is 18.5 Å². The Morgan fingerprint density at radius 2 is 1.82 bits per heavy atom. The smallest absolute Gasteiger partial charge is 0.332 e. The molecule has 0 atom stereocenters. The van der Waals surface area contributed by atoms with Crippen molar-refractivity contribution < 1.29 is 14.3 Å². The van der Waals surface area contributed by atoms with E-state index in [4.69, 9.17) is 9.47 Å². The number of pyridine rings is 2. The number of nitrogens with zero attached hydrogens (tertiary/aromatic N) is 4. The summed E-state index contributed by atoms with van der Waals surface area (Å²) in [6.45, 7) is 0.805. The summed E-state index contributed by atoms with van der Waals surface area (Å²) in [6, 6.07) is 11.8. The van der Waals surface area contributed by atoms with Crippen molar-refractivity contribution in [3.8, 4) is 11.5 Å². The summed E-state index contributed by atoms with van der Waals surface area (Å²) in [5.74, 6) is 0.728. The van der Waals surface area contributed by atoms with Crippen molar-refractivity contribution in [1.82, 2.24) is 19.1 Å². The molecule has 0 aliphatic carbocycles. The molecule has 1 aliphatic rings. The number of amides is 1. The van der Waals surface area contributed by atoms with Crippen molar-refractivity contribution in [1.29, 1.82) is 0 Å². The van der Waals surface area contributed by atoms with Crippen LogP contribution in [0.3, 0.4) is 0 Å². The van der Waals surface area contributed by atoms with Crippen molar-refractivity contribution in [2.24, 2.45) is 0 Å². The van der Waals surface area contributed by atoms with E-state index >= 15 is 0 Å².